The Kier molecular flexibility index (Phi) is 5.32. The number of aromatic nitrogens is 2. The standard InChI is InChI=1S/C23H19ClFN3O/c1-15(26-23(29)16-8-3-2-4-9-16)22-27-20-12-5-6-13-21(20)28(22)14-17-18(24)10-7-11-19(17)25/h2-13,15H,14H2,1H3,(H,26,29)/t15-/m0/s1. The van der Waals surface area contributed by atoms with Gasteiger partial charge in [-0.15, -0.1) is 0 Å². The fraction of sp³-hybridized carbons (Fsp3) is 0.130. The van der Waals surface area contributed by atoms with Gasteiger partial charge < -0.3 is 9.88 Å². The average Bonchev–Trinajstić information content (AvgIpc) is 3.10. The number of hydrogen-bond acceptors (Lipinski definition) is 2. The number of halogens is 2. The van der Waals surface area contributed by atoms with Gasteiger partial charge >= 0.3 is 0 Å². The number of rotatable bonds is 5. The van der Waals surface area contributed by atoms with E-state index < -0.39 is 0 Å². The number of nitrogens with one attached hydrogen (secondary N) is 1. The van der Waals surface area contributed by atoms with E-state index in [0.29, 0.717) is 22.0 Å². The van der Waals surface area contributed by atoms with Gasteiger partial charge in [0.05, 0.1) is 23.6 Å². The molecule has 1 N–H and O–H groups in total. The van der Waals surface area contributed by atoms with Crippen molar-refractivity contribution in [1.82, 2.24) is 14.9 Å². The van der Waals surface area contributed by atoms with Crippen LogP contribution in [0.5, 0.6) is 0 Å². The van der Waals surface area contributed by atoms with Crippen molar-refractivity contribution in [3.8, 4) is 0 Å². The topological polar surface area (TPSA) is 46.9 Å². The van der Waals surface area contributed by atoms with Crippen LogP contribution in [0.1, 0.15) is 34.7 Å². The number of benzene rings is 3. The Morgan fingerprint density at radius 2 is 1.79 bits per heavy atom. The Hall–Kier alpha value is -3.18. The Bertz CT molecular complexity index is 1150. The molecule has 4 rings (SSSR count). The molecule has 1 aromatic heterocycles. The Balaban J connectivity index is 1.72. The van der Waals surface area contributed by atoms with Gasteiger partial charge in [-0.3, -0.25) is 4.79 Å². The zero-order chi connectivity index (χ0) is 20.4. The number of fused-ring (bicyclic) bond motifs is 1. The van der Waals surface area contributed by atoms with Gasteiger partial charge in [-0.05, 0) is 43.3 Å². The van der Waals surface area contributed by atoms with E-state index in [-0.39, 0.29) is 24.3 Å². The first-order valence-corrected chi connectivity index (χ1v) is 9.66. The predicted octanol–water partition coefficient (Wildman–Crippen LogP) is 5.37. The molecule has 0 aliphatic carbocycles. The lowest BCUT2D eigenvalue weighted by Gasteiger charge is -2.17. The van der Waals surface area contributed by atoms with E-state index in [1.165, 1.54) is 6.07 Å². The summed E-state index contributed by atoms with van der Waals surface area (Å²) in [5, 5.41) is 3.34. The highest BCUT2D eigenvalue weighted by Gasteiger charge is 2.20. The van der Waals surface area contributed by atoms with E-state index in [4.69, 9.17) is 16.6 Å². The van der Waals surface area contributed by atoms with Crippen LogP contribution in [-0.4, -0.2) is 15.5 Å². The van der Waals surface area contributed by atoms with Gasteiger partial charge in [-0.1, -0.05) is 48.0 Å². The summed E-state index contributed by atoms with van der Waals surface area (Å²) >= 11 is 6.25. The number of carbonyl (C=O) groups excluding carboxylic acids is 1. The third-order valence-electron chi connectivity index (χ3n) is 4.83. The van der Waals surface area contributed by atoms with Crippen LogP contribution < -0.4 is 5.32 Å². The third-order valence-corrected chi connectivity index (χ3v) is 5.19. The summed E-state index contributed by atoms with van der Waals surface area (Å²) < 4.78 is 16.3. The van der Waals surface area contributed by atoms with E-state index in [1.807, 2.05) is 54.0 Å². The van der Waals surface area contributed by atoms with Crippen molar-refractivity contribution in [2.45, 2.75) is 19.5 Å². The second-order valence-electron chi connectivity index (χ2n) is 6.81. The number of carbonyl (C=O) groups is 1. The average molecular weight is 408 g/mol. The van der Waals surface area contributed by atoms with Crippen molar-refractivity contribution >= 4 is 28.5 Å². The van der Waals surface area contributed by atoms with Gasteiger partial charge in [0, 0.05) is 16.1 Å². The fourth-order valence-electron chi connectivity index (χ4n) is 3.37. The number of amides is 1. The minimum atomic E-state index is -0.388. The third kappa shape index (κ3) is 3.87. The molecule has 0 saturated heterocycles. The molecule has 4 nitrogen and oxygen atoms in total. The van der Waals surface area contributed by atoms with E-state index in [2.05, 4.69) is 5.32 Å². The van der Waals surface area contributed by atoms with Crippen molar-refractivity contribution in [2.24, 2.45) is 0 Å². The monoisotopic (exact) mass is 407 g/mol. The largest absolute Gasteiger partial charge is 0.342 e. The van der Waals surface area contributed by atoms with Crippen molar-refractivity contribution < 1.29 is 9.18 Å². The summed E-state index contributed by atoms with van der Waals surface area (Å²) in [6.07, 6.45) is 0. The van der Waals surface area contributed by atoms with Crippen LogP contribution >= 0.6 is 11.6 Å². The normalized spacial score (nSPS) is 12.1. The molecule has 4 aromatic rings. The molecule has 1 atom stereocenters. The lowest BCUT2D eigenvalue weighted by molar-refractivity contribution is 0.0937. The van der Waals surface area contributed by atoms with Crippen molar-refractivity contribution in [3.63, 3.8) is 0 Å². The molecule has 6 heteroatoms. The molecule has 0 aliphatic rings. The molecule has 1 heterocycles. The first-order chi connectivity index (χ1) is 14.0. The maximum atomic E-state index is 14.4. The number of imidazole rings is 1. The predicted molar refractivity (Wildman–Crippen MR) is 113 cm³/mol. The second kappa shape index (κ2) is 8.05. The summed E-state index contributed by atoms with van der Waals surface area (Å²) in [6.45, 7) is 2.08. The highest BCUT2D eigenvalue weighted by atomic mass is 35.5. The Morgan fingerprint density at radius 3 is 2.55 bits per heavy atom. The molecule has 3 aromatic carbocycles. The Morgan fingerprint density at radius 1 is 1.07 bits per heavy atom. The fourth-order valence-corrected chi connectivity index (χ4v) is 3.59. The summed E-state index contributed by atoms with van der Waals surface area (Å²) in [5.41, 5.74) is 2.58. The maximum absolute atomic E-state index is 14.4. The van der Waals surface area contributed by atoms with Crippen LogP contribution in [0.2, 0.25) is 5.02 Å². The smallest absolute Gasteiger partial charge is 0.251 e. The minimum Gasteiger partial charge on any atom is -0.342 e. The Labute approximate surface area is 173 Å². The second-order valence-corrected chi connectivity index (χ2v) is 7.21. The van der Waals surface area contributed by atoms with E-state index in [1.54, 1.807) is 24.3 Å². The molecule has 0 aliphatic heterocycles. The molecule has 1 amide bonds. The number of hydrogen-bond donors (Lipinski definition) is 1. The van der Waals surface area contributed by atoms with E-state index in [0.717, 1.165) is 11.0 Å². The van der Waals surface area contributed by atoms with Gasteiger partial charge in [0.2, 0.25) is 0 Å². The van der Waals surface area contributed by atoms with E-state index in [9.17, 15) is 9.18 Å². The zero-order valence-corrected chi connectivity index (χ0v) is 16.5. The molecule has 29 heavy (non-hydrogen) atoms. The van der Waals surface area contributed by atoms with Gasteiger partial charge in [-0.25, -0.2) is 9.37 Å². The lowest BCUT2D eigenvalue weighted by atomic mass is 10.2. The molecular formula is C23H19ClFN3O. The van der Waals surface area contributed by atoms with Crippen molar-refractivity contribution in [2.75, 3.05) is 0 Å². The molecule has 0 unspecified atom stereocenters. The van der Waals surface area contributed by atoms with Gasteiger partial charge in [0.1, 0.15) is 11.6 Å². The first-order valence-electron chi connectivity index (χ1n) is 9.28. The highest BCUT2D eigenvalue weighted by Crippen LogP contribution is 2.26. The zero-order valence-electron chi connectivity index (χ0n) is 15.8. The highest BCUT2D eigenvalue weighted by molar-refractivity contribution is 6.31. The SMILES string of the molecule is C[C@H](NC(=O)c1ccccc1)c1nc2ccccc2n1Cc1c(F)cccc1Cl. The van der Waals surface area contributed by atoms with Crippen molar-refractivity contribution in [3.05, 3.63) is 101 Å². The molecule has 0 bridgehead atoms. The minimum absolute atomic E-state index is 0.194. The molecule has 0 saturated carbocycles. The summed E-state index contributed by atoms with van der Waals surface area (Å²) in [5.74, 6) is 0.0673. The van der Waals surface area contributed by atoms with Crippen LogP contribution in [-0.2, 0) is 6.54 Å². The van der Waals surface area contributed by atoms with Crippen LogP contribution in [0.15, 0.2) is 72.8 Å². The maximum Gasteiger partial charge on any atom is 0.251 e. The molecule has 146 valence electrons. The molecule has 0 spiro atoms. The van der Waals surface area contributed by atoms with Gasteiger partial charge in [0.15, 0.2) is 0 Å². The van der Waals surface area contributed by atoms with Crippen LogP contribution in [0.25, 0.3) is 11.0 Å². The van der Waals surface area contributed by atoms with Crippen molar-refractivity contribution in [1.29, 1.82) is 0 Å². The number of para-hydroxylation sites is 2. The summed E-state index contributed by atoms with van der Waals surface area (Å²) in [4.78, 5) is 17.3. The number of nitrogens with zero attached hydrogens (tertiary/aromatic N) is 2. The van der Waals surface area contributed by atoms with E-state index >= 15 is 0 Å². The van der Waals surface area contributed by atoms with Gasteiger partial charge in [-0.2, -0.15) is 0 Å². The van der Waals surface area contributed by atoms with Crippen LogP contribution in [0.4, 0.5) is 4.39 Å². The van der Waals surface area contributed by atoms with Crippen LogP contribution in [0.3, 0.4) is 0 Å². The molecular weight excluding hydrogens is 389 g/mol. The van der Waals surface area contributed by atoms with Gasteiger partial charge in [0.25, 0.3) is 5.91 Å². The lowest BCUT2D eigenvalue weighted by Crippen LogP contribution is -2.28. The summed E-state index contributed by atoms with van der Waals surface area (Å²) in [6, 6.07) is 20.9. The molecule has 0 fully saturated rings. The van der Waals surface area contributed by atoms with Crippen LogP contribution in [0, 0.1) is 5.82 Å². The quantitative estimate of drug-likeness (QED) is 0.483. The first kappa shape index (κ1) is 19.2. The summed E-state index contributed by atoms with van der Waals surface area (Å²) in [7, 11) is 0. The molecule has 0 radical (unpaired) electrons.